The molecule has 5 heteroatoms. The van der Waals surface area contributed by atoms with Crippen LogP contribution >= 0.6 is 11.6 Å². The molecule has 104 valence electrons. The van der Waals surface area contributed by atoms with Gasteiger partial charge in [0.2, 0.25) is 0 Å². The van der Waals surface area contributed by atoms with Crippen LogP contribution in [0.5, 0.6) is 0 Å². The van der Waals surface area contributed by atoms with Gasteiger partial charge in [-0.2, -0.15) is 0 Å². The van der Waals surface area contributed by atoms with E-state index in [1.165, 1.54) is 0 Å². The molecular formula is C14H19ClN2O2. The van der Waals surface area contributed by atoms with Crippen LogP contribution in [0.25, 0.3) is 0 Å². The molecule has 1 N–H and O–H groups in total. The van der Waals surface area contributed by atoms with Gasteiger partial charge in [-0.15, -0.1) is 0 Å². The van der Waals surface area contributed by atoms with Gasteiger partial charge in [0.1, 0.15) is 0 Å². The number of para-hydroxylation sites is 1. The summed E-state index contributed by atoms with van der Waals surface area (Å²) >= 11 is 6.22. The van der Waals surface area contributed by atoms with Crippen molar-refractivity contribution in [3.8, 4) is 0 Å². The summed E-state index contributed by atoms with van der Waals surface area (Å²) in [5.74, 6) is -0.926. The normalized spacial score (nSPS) is 20.6. The van der Waals surface area contributed by atoms with Gasteiger partial charge < -0.3 is 10.0 Å². The van der Waals surface area contributed by atoms with E-state index in [2.05, 4.69) is 23.8 Å². The fourth-order valence-electron chi connectivity index (χ4n) is 2.60. The van der Waals surface area contributed by atoms with E-state index < -0.39 is 5.97 Å². The summed E-state index contributed by atoms with van der Waals surface area (Å²) in [4.78, 5) is 15.7. The number of halogens is 1. The third-order valence-electron chi connectivity index (χ3n) is 3.78. The fraction of sp³-hybridized carbons (Fsp3) is 0.500. The van der Waals surface area contributed by atoms with E-state index in [0.29, 0.717) is 16.8 Å². The molecule has 0 bridgehead atoms. The molecule has 1 aliphatic rings. The number of likely N-dealkylation sites (N-methyl/N-ethyl adjacent to an activating group) is 1. The zero-order valence-electron chi connectivity index (χ0n) is 11.3. The summed E-state index contributed by atoms with van der Waals surface area (Å²) in [7, 11) is 2.11. The number of carboxylic acids is 1. The number of anilines is 1. The predicted molar refractivity (Wildman–Crippen MR) is 77.3 cm³/mol. The van der Waals surface area contributed by atoms with Crippen LogP contribution in [0.3, 0.4) is 0 Å². The SMILES string of the molecule is CCC1CN(c2c(Cl)cccc2C(=O)O)CCN1C. The first-order chi connectivity index (χ1) is 9.04. The third kappa shape index (κ3) is 2.85. The number of benzene rings is 1. The van der Waals surface area contributed by atoms with Crippen LogP contribution in [0, 0.1) is 0 Å². The quantitative estimate of drug-likeness (QED) is 0.925. The molecule has 0 aromatic heterocycles. The Balaban J connectivity index is 2.34. The molecule has 19 heavy (non-hydrogen) atoms. The summed E-state index contributed by atoms with van der Waals surface area (Å²) in [6, 6.07) is 5.49. The average molecular weight is 283 g/mol. The largest absolute Gasteiger partial charge is 0.478 e. The minimum absolute atomic E-state index is 0.284. The van der Waals surface area contributed by atoms with Crippen LogP contribution in [0.1, 0.15) is 23.7 Å². The molecule has 1 aromatic carbocycles. The highest BCUT2D eigenvalue weighted by molar-refractivity contribution is 6.34. The number of carbonyl (C=O) groups is 1. The Morgan fingerprint density at radius 1 is 1.47 bits per heavy atom. The number of piperazine rings is 1. The van der Waals surface area contributed by atoms with Gasteiger partial charge in [0, 0.05) is 25.7 Å². The van der Waals surface area contributed by atoms with Crippen molar-refractivity contribution in [1.29, 1.82) is 0 Å². The Morgan fingerprint density at radius 2 is 2.21 bits per heavy atom. The maximum absolute atomic E-state index is 11.3. The molecule has 1 fully saturated rings. The number of hydrogen-bond donors (Lipinski definition) is 1. The molecule has 4 nitrogen and oxygen atoms in total. The number of aromatic carboxylic acids is 1. The van der Waals surface area contributed by atoms with Crippen molar-refractivity contribution in [1.82, 2.24) is 4.90 Å². The van der Waals surface area contributed by atoms with Gasteiger partial charge in [-0.25, -0.2) is 4.79 Å². The summed E-state index contributed by atoms with van der Waals surface area (Å²) in [6.07, 6.45) is 1.04. The Hall–Kier alpha value is -1.26. The zero-order valence-corrected chi connectivity index (χ0v) is 12.0. The monoisotopic (exact) mass is 282 g/mol. The van der Waals surface area contributed by atoms with E-state index >= 15 is 0 Å². The minimum atomic E-state index is -0.926. The fourth-order valence-corrected chi connectivity index (χ4v) is 2.89. The summed E-state index contributed by atoms with van der Waals surface area (Å²) < 4.78 is 0. The van der Waals surface area contributed by atoms with Crippen molar-refractivity contribution in [3.63, 3.8) is 0 Å². The van der Waals surface area contributed by atoms with Crippen LogP contribution in [-0.4, -0.2) is 48.7 Å². The lowest BCUT2D eigenvalue weighted by molar-refractivity contribution is 0.0697. The highest BCUT2D eigenvalue weighted by atomic mass is 35.5. The first kappa shape index (κ1) is 14.2. The molecule has 1 atom stereocenters. The van der Waals surface area contributed by atoms with Crippen LogP contribution in [0.4, 0.5) is 5.69 Å². The highest BCUT2D eigenvalue weighted by Gasteiger charge is 2.27. The molecule has 0 aliphatic carbocycles. The first-order valence-corrected chi connectivity index (χ1v) is 6.89. The van der Waals surface area contributed by atoms with Gasteiger partial charge in [-0.3, -0.25) is 4.90 Å². The van der Waals surface area contributed by atoms with Crippen molar-refractivity contribution >= 4 is 23.3 Å². The van der Waals surface area contributed by atoms with Crippen molar-refractivity contribution in [2.45, 2.75) is 19.4 Å². The molecule has 0 saturated carbocycles. The van der Waals surface area contributed by atoms with E-state index in [-0.39, 0.29) is 5.56 Å². The number of carboxylic acid groups (broad SMARTS) is 1. The Kier molecular flexibility index (Phi) is 4.32. The van der Waals surface area contributed by atoms with Crippen molar-refractivity contribution < 1.29 is 9.90 Å². The lowest BCUT2D eigenvalue weighted by Crippen LogP contribution is -2.51. The topological polar surface area (TPSA) is 43.8 Å². The summed E-state index contributed by atoms with van der Waals surface area (Å²) in [5, 5.41) is 9.81. The molecule has 0 radical (unpaired) electrons. The maximum atomic E-state index is 11.3. The molecule has 1 heterocycles. The Bertz CT molecular complexity index is 479. The molecular weight excluding hydrogens is 264 g/mol. The van der Waals surface area contributed by atoms with Gasteiger partial charge in [-0.1, -0.05) is 24.6 Å². The number of rotatable bonds is 3. The number of nitrogens with zero attached hydrogens (tertiary/aromatic N) is 2. The van der Waals surface area contributed by atoms with Crippen molar-refractivity contribution in [2.75, 3.05) is 31.6 Å². The van der Waals surface area contributed by atoms with E-state index in [9.17, 15) is 9.90 Å². The maximum Gasteiger partial charge on any atom is 0.337 e. The molecule has 1 saturated heterocycles. The lowest BCUT2D eigenvalue weighted by atomic mass is 10.1. The van der Waals surface area contributed by atoms with Crippen LogP contribution in [0.15, 0.2) is 18.2 Å². The zero-order chi connectivity index (χ0) is 14.0. The Morgan fingerprint density at radius 3 is 2.84 bits per heavy atom. The smallest absolute Gasteiger partial charge is 0.337 e. The average Bonchev–Trinajstić information content (AvgIpc) is 2.39. The van der Waals surface area contributed by atoms with Gasteiger partial charge in [0.15, 0.2) is 0 Å². The molecule has 1 aromatic rings. The van der Waals surface area contributed by atoms with E-state index in [4.69, 9.17) is 11.6 Å². The van der Waals surface area contributed by atoms with Crippen LogP contribution in [0.2, 0.25) is 5.02 Å². The molecule has 2 rings (SSSR count). The van der Waals surface area contributed by atoms with Crippen molar-refractivity contribution in [2.24, 2.45) is 0 Å². The van der Waals surface area contributed by atoms with Gasteiger partial charge >= 0.3 is 5.97 Å². The minimum Gasteiger partial charge on any atom is -0.478 e. The Labute approximate surface area is 118 Å². The van der Waals surface area contributed by atoms with E-state index in [0.717, 1.165) is 26.1 Å². The van der Waals surface area contributed by atoms with Crippen LogP contribution in [-0.2, 0) is 0 Å². The predicted octanol–water partition coefficient (Wildman–Crippen LogP) is 2.57. The van der Waals surface area contributed by atoms with E-state index in [1.807, 2.05) is 0 Å². The molecule has 0 amide bonds. The summed E-state index contributed by atoms with van der Waals surface area (Å²) in [6.45, 7) is 4.69. The first-order valence-electron chi connectivity index (χ1n) is 6.51. The second kappa shape index (κ2) is 5.80. The van der Waals surface area contributed by atoms with Gasteiger partial charge in [0.05, 0.1) is 16.3 Å². The van der Waals surface area contributed by atoms with Gasteiger partial charge in [-0.05, 0) is 25.6 Å². The van der Waals surface area contributed by atoms with Gasteiger partial charge in [0.25, 0.3) is 0 Å². The van der Waals surface area contributed by atoms with Crippen LogP contribution < -0.4 is 4.90 Å². The lowest BCUT2D eigenvalue weighted by Gasteiger charge is -2.41. The molecule has 0 spiro atoms. The second-order valence-electron chi connectivity index (χ2n) is 4.93. The third-order valence-corrected chi connectivity index (χ3v) is 4.09. The second-order valence-corrected chi connectivity index (χ2v) is 5.34. The standard InChI is InChI=1S/C14H19ClN2O2/c1-3-10-9-17(8-7-16(10)2)13-11(14(18)19)5-4-6-12(13)15/h4-6,10H,3,7-9H2,1-2H3,(H,18,19). The van der Waals surface area contributed by atoms with Crippen molar-refractivity contribution in [3.05, 3.63) is 28.8 Å². The molecule has 1 unspecified atom stereocenters. The number of hydrogen-bond acceptors (Lipinski definition) is 3. The highest BCUT2D eigenvalue weighted by Crippen LogP contribution is 2.31. The van der Waals surface area contributed by atoms with E-state index in [1.54, 1.807) is 18.2 Å². The molecule has 1 aliphatic heterocycles. The summed E-state index contributed by atoms with van der Waals surface area (Å²) in [5.41, 5.74) is 0.940.